The van der Waals surface area contributed by atoms with Crippen LogP contribution in [0.1, 0.15) is 107 Å². The van der Waals surface area contributed by atoms with Crippen molar-refractivity contribution in [2.75, 3.05) is 0 Å². The molecule has 4 nitrogen and oxygen atoms in total. The molecule has 2 aliphatic heterocycles. The van der Waals surface area contributed by atoms with Crippen LogP contribution in [0.2, 0.25) is 0 Å². The third-order valence-corrected chi connectivity index (χ3v) is 8.62. The molecule has 7 heteroatoms. The van der Waals surface area contributed by atoms with Gasteiger partial charge in [0.2, 0.25) is 0 Å². The molecule has 0 aromatic heterocycles. The van der Waals surface area contributed by atoms with Crippen LogP contribution in [0.3, 0.4) is 0 Å². The number of benzene rings is 2. The van der Waals surface area contributed by atoms with Crippen LogP contribution in [0.5, 0.6) is 0 Å². The van der Waals surface area contributed by atoms with Gasteiger partial charge in [-0.1, -0.05) is 86.3 Å². The zero-order chi connectivity index (χ0) is 23.6. The Balaban J connectivity index is 0.00000133. The van der Waals surface area contributed by atoms with Gasteiger partial charge in [-0.05, 0) is 62.5 Å². The molecule has 0 bridgehead atoms. The Bertz CT molecular complexity index is 978. The molecule has 4 aliphatic rings. The molecule has 0 saturated heterocycles. The number of rotatable bonds is 4. The second kappa shape index (κ2) is 14.1. The second-order valence-corrected chi connectivity index (χ2v) is 11.0. The zero-order valence-electron chi connectivity index (χ0n) is 21.9. The summed E-state index contributed by atoms with van der Waals surface area (Å²) in [5.41, 5.74) is 2.10. The average molecular weight is 737 g/mol. The Hall–Kier alpha value is -0.998. The van der Waals surface area contributed by atoms with E-state index in [1.54, 1.807) is 0 Å². The number of halogens is 2. The molecule has 2 aromatic carbocycles. The second-order valence-electron chi connectivity index (χ2n) is 11.0. The Morgan fingerprint density at radius 3 is 1.24 bits per heavy atom. The van der Waals surface area contributed by atoms with E-state index in [-0.39, 0.29) is 77.7 Å². The quantitative estimate of drug-likeness (QED) is 0.451. The summed E-state index contributed by atoms with van der Waals surface area (Å²) < 4.78 is 13.7. The Kier molecular flexibility index (Phi) is 11.7. The van der Waals surface area contributed by atoms with Crippen molar-refractivity contribution in [2.24, 2.45) is 9.98 Å². The van der Waals surface area contributed by atoms with Gasteiger partial charge in [0.05, 0.1) is 6.42 Å². The van der Waals surface area contributed by atoms with E-state index in [0.29, 0.717) is 6.42 Å². The molecule has 2 fully saturated rings. The summed E-state index contributed by atoms with van der Waals surface area (Å²) in [6, 6.07) is 21.6. The van der Waals surface area contributed by atoms with E-state index >= 15 is 0 Å². The van der Waals surface area contributed by atoms with E-state index in [9.17, 15) is 0 Å². The maximum absolute atomic E-state index is 6.83. The standard InChI is InChI=1S/C31H38N2O2.2BrH.Pd/c1-2-12-20-30(19-11-1)28(24-15-7-5-8-16-24)32-26(34-30)23-27-33-29(25-17-9-6-10-18-25)31(35-27)21-13-3-4-14-22-31;;;/h5-10,15-18,28-29H,1-4,11-14,19-23H2;2*1H;/q;;;+2/p-2/t28-,29-;;;/m1.../s1. The number of aliphatic imine (C=N–C) groups is 2. The molecular formula is C31H38Br2N2O2Pd. The molecule has 0 radical (unpaired) electrons. The Morgan fingerprint density at radius 1 is 0.553 bits per heavy atom. The number of hydrogen-bond acceptors (Lipinski definition) is 4. The van der Waals surface area contributed by atoms with Crippen LogP contribution in [-0.2, 0) is 29.9 Å². The van der Waals surface area contributed by atoms with Crippen molar-refractivity contribution in [3.05, 3.63) is 71.8 Å². The van der Waals surface area contributed by atoms with E-state index in [4.69, 9.17) is 19.5 Å². The molecule has 2 saturated carbocycles. The maximum atomic E-state index is 6.83. The van der Waals surface area contributed by atoms with Gasteiger partial charge in [-0.3, -0.25) is 0 Å². The van der Waals surface area contributed by atoms with Crippen molar-refractivity contribution < 1.29 is 63.9 Å². The smallest absolute Gasteiger partial charge is 1.00 e. The average Bonchev–Trinajstić information content (AvgIpc) is 3.18. The first-order valence-electron chi connectivity index (χ1n) is 13.9. The van der Waals surface area contributed by atoms with Gasteiger partial charge < -0.3 is 43.4 Å². The fourth-order valence-corrected chi connectivity index (χ4v) is 6.88. The molecule has 38 heavy (non-hydrogen) atoms. The van der Waals surface area contributed by atoms with E-state index in [1.165, 1.54) is 62.5 Å². The van der Waals surface area contributed by atoms with E-state index in [2.05, 4.69) is 60.7 Å². The van der Waals surface area contributed by atoms with Gasteiger partial charge in [0.25, 0.3) is 0 Å². The molecule has 6 rings (SSSR count). The molecule has 0 amide bonds. The molecule has 0 unspecified atom stereocenters. The number of hydrogen-bond donors (Lipinski definition) is 0. The van der Waals surface area contributed by atoms with Gasteiger partial charge >= 0.3 is 20.4 Å². The van der Waals surface area contributed by atoms with Gasteiger partial charge in [0.15, 0.2) is 11.8 Å². The SMILES string of the molecule is [Br-].[Br-].[Pd+2].c1ccc([C@H]2N=C(CC3=N[C@H](c4ccccc4)C4(CCCCCC4)O3)OC23CCCCCC3)cc1. The van der Waals surface area contributed by atoms with Gasteiger partial charge in [0.1, 0.15) is 23.3 Å². The van der Waals surface area contributed by atoms with Gasteiger partial charge in [0, 0.05) is 0 Å². The third-order valence-electron chi connectivity index (χ3n) is 8.62. The number of nitrogens with zero attached hydrogens (tertiary/aromatic N) is 2. The largest absolute Gasteiger partial charge is 2.00 e. The summed E-state index contributed by atoms with van der Waals surface area (Å²) in [5, 5.41) is 0. The maximum Gasteiger partial charge on any atom is 2.00 e. The molecular weight excluding hydrogens is 699 g/mol. The fraction of sp³-hybridized carbons (Fsp3) is 0.548. The van der Waals surface area contributed by atoms with Crippen molar-refractivity contribution >= 4 is 11.8 Å². The predicted octanol–water partition coefficient (Wildman–Crippen LogP) is 1.91. The summed E-state index contributed by atoms with van der Waals surface area (Å²) in [5.74, 6) is 1.63. The van der Waals surface area contributed by atoms with Gasteiger partial charge in [-0.25, -0.2) is 9.98 Å². The molecule has 0 N–H and O–H groups in total. The summed E-state index contributed by atoms with van der Waals surface area (Å²) in [6.07, 6.45) is 14.9. The van der Waals surface area contributed by atoms with Gasteiger partial charge in [-0.2, -0.15) is 0 Å². The van der Waals surface area contributed by atoms with Crippen molar-refractivity contribution in [2.45, 2.75) is 107 Å². The summed E-state index contributed by atoms with van der Waals surface area (Å²) >= 11 is 0. The molecule has 2 atom stereocenters. The molecule has 2 aliphatic carbocycles. The Labute approximate surface area is 262 Å². The van der Waals surface area contributed by atoms with Crippen LogP contribution in [0.4, 0.5) is 0 Å². The minimum absolute atomic E-state index is 0. The Morgan fingerprint density at radius 2 is 0.895 bits per heavy atom. The normalized spacial score (nSPS) is 25.3. The zero-order valence-corrected chi connectivity index (χ0v) is 26.6. The van der Waals surface area contributed by atoms with Crippen LogP contribution in [0.25, 0.3) is 0 Å². The first-order valence-corrected chi connectivity index (χ1v) is 13.9. The van der Waals surface area contributed by atoms with Crippen LogP contribution in [0, 0.1) is 0 Å². The van der Waals surface area contributed by atoms with Gasteiger partial charge in [-0.15, -0.1) is 0 Å². The van der Waals surface area contributed by atoms with Crippen molar-refractivity contribution in [1.29, 1.82) is 0 Å². The van der Waals surface area contributed by atoms with Crippen molar-refractivity contribution in [1.82, 2.24) is 0 Å². The minimum Gasteiger partial charge on any atom is -1.00 e. The monoisotopic (exact) mass is 734 g/mol. The van der Waals surface area contributed by atoms with Crippen LogP contribution in [-0.4, -0.2) is 23.0 Å². The molecule has 208 valence electrons. The molecule has 2 heterocycles. The number of ether oxygens (including phenoxy) is 2. The van der Waals surface area contributed by atoms with Crippen molar-refractivity contribution in [3.63, 3.8) is 0 Å². The summed E-state index contributed by atoms with van der Waals surface area (Å²) in [4.78, 5) is 10.4. The predicted molar refractivity (Wildman–Crippen MR) is 141 cm³/mol. The van der Waals surface area contributed by atoms with Crippen LogP contribution >= 0.6 is 0 Å². The van der Waals surface area contributed by atoms with E-state index < -0.39 is 0 Å². The first-order chi connectivity index (χ1) is 17.3. The minimum atomic E-state index is -0.217. The summed E-state index contributed by atoms with van der Waals surface area (Å²) in [7, 11) is 0. The third kappa shape index (κ3) is 6.48. The molecule has 2 spiro atoms. The first kappa shape index (κ1) is 31.5. The van der Waals surface area contributed by atoms with E-state index in [1.807, 2.05) is 0 Å². The van der Waals surface area contributed by atoms with Crippen molar-refractivity contribution in [3.8, 4) is 0 Å². The van der Waals surface area contributed by atoms with Crippen LogP contribution in [0.15, 0.2) is 70.6 Å². The van der Waals surface area contributed by atoms with E-state index in [0.717, 1.165) is 37.5 Å². The fourth-order valence-electron chi connectivity index (χ4n) is 6.88. The molecule has 2 aromatic rings. The van der Waals surface area contributed by atoms with Crippen LogP contribution < -0.4 is 34.0 Å². The summed E-state index contributed by atoms with van der Waals surface area (Å²) in [6.45, 7) is 0. The topological polar surface area (TPSA) is 43.2 Å².